The molecule has 17 nitrogen and oxygen atoms in total. The van der Waals surface area contributed by atoms with Crippen LogP contribution in [-0.2, 0) is 30.0 Å². The number of nitrogens with one attached hydrogen (secondary N) is 3. The highest BCUT2D eigenvalue weighted by atomic mass is 31.2. The van der Waals surface area contributed by atoms with Crippen molar-refractivity contribution in [1.82, 2.24) is 30.8 Å². The molecule has 264 valence electrons. The van der Waals surface area contributed by atoms with Gasteiger partial charge in [0.1, 0.15) is 11.7 Å². The molecular weight excluding hydrogens is 650 g/mol. The topological polar surface area (TPSA) is 261 Å². The Morgan fingerprint density at radius 1 is 1.06 bits per heavy atom. The second-order valence-electron chi connectivity index (χ2n) is 11.5. The zero-order valence-electron chi connectivity index (χ0n) is 26.9. The number of aliphatic hydroxyl groups excluding tert-OH is 1. The summed E-state index contributed by atoms with van der Waals surface area (Å²) in [6.07, 6.45) is 3.58. The highest BCUT2D eigenvalue weighted by molar-refractivity contribution is 7.54. The van der Waals surface area contributed by atoms with Gasteiger partial charge in [0.25, 0.3) is 18.7 Å². The van der Waals surface area contributed by atoms with Crippen LogP contribution in [0.4, 0.5) is 0 Å². The van der Waals surface area contributed by atoms with E-state index in [2.05, 4.69) is 25.9 Å². The number of hydrogen-bond acceptors (Lipinski definition) is 11. The third kappa shape index (κ3) is 13.8. The quantitative estimate of drug-likeness (QED) is 0.0394. The smallest absolute Gasteiger partial charge is 0.369 e. The molecule has 0 fully saturated rings. The summed E-state index contributed by atoms with van der Waals surface area (Å²) in [5, 5.41) is 32.8. The number of aromatic nitrogens is 2. The highest BCUT2D eigenvalue weighted by Crippen LogP contribution is 2.50. The zero-order valence-corrected chi connectivity index (χ0v) is 27.8. The van der Waals surface area contributed by atoms with Crippen LogP contribution in [-0.4, -0.2) is 128 Å². The lowest BCUT2D eigenvalue weighted by Gasteiger charge is -2.25. The van der Waals surface area contributed by atoms with Crippen LogP contribution >= 0.6 is 7.60 Å². The van der Waals surface area contributed by atoms with E-state index in [4.69, 9.17) is 19.5 Å². The van der Waals surface area contributed by atoms with Crippen LogP contribution in [0.2, 0.25) is 0 Å². The fourth-order valence-corrected chi connectivity index (χ4v) is 5.18. The molecule has 1 heterocycles. The van der Waals surface area contributed by atoms with Gasteiger partial charge in [0.2, 0.25) is 11.8 Å². The second-order valence-corrected chi connectivity index (χ2v) is 13.3. The molecule has 0 aliphatic rings. The van der Waals surface area contributed by atoms with E-state index in [-0.39, 0.29) is 58.4 Å². The Labute approximate surface area is 278 Å². The zero-order chi connectivity index (χ0) is 35.7. The molecule has 1 unspecified atom stereocenters. The number of rotatable bonds is 22. The number of carbonyl (C=O) groups is 4. The minimum absolute atomic E-state index is 0.0698. The number of hydrogen-bond donors (Lipinski definition) is 8. The van der Waals surface area contributed by atoms with Gasteiger partial charge in [-0.2, -0.15) is 0 Å². The minimum atomic E-state index is -5.56. The molecule has 0 radical (unpaired) electrons. The van der Waals surface area contributed by atoms with Crippen molar-refractivity contribution in [2.24, 2.45) is 5.92 Å². The van der Waals surface area contributed by atoms with Gasteiger partial charge >= 0.3 is 13.6 Å². The largest absolute Gasteiger partial charge is 0.479 e. The van der Waals surface area contributed by atoms with Crippen LogP contribution in [0.5, 0.6) is 0 Å². The van der Waals surface area contributed by atoms with Gasteiger partial charge in [0.15, 0.2) is 0 Å². The molecule has 48 heavy (non-hydrogen) atoms. The average Bonchev–Trinajstić information content (AvgIpc) is 3.02. The van der Waals surface area contributed by atoms with Gasteiger partial charge in [-0.3, -0.25) is 28.8 Å². The lowest BCUT2D eigenvalue weighted by atomic mass is 9.81. The Balaban J connectivity index is 1.95. The molecule has 1 aromatic heterocycles. The van der Waals surface area contributed by atoms with Crippen molar-refractivity contribution in [2.75, 3.05) is 39.4 Å². The molecule has 3 amide bonds. The van der Waals surface area contributed by atoms with Gasteiger partial charge in [-0.25, -0.2) is 9.78 Å². The number of carboxylic acid groups (broad SMARTS) is 1. The first-order valence-electron chi connectivity index (χ1n) is 15.3. The summed E-state index contributed by atoms with van der Waals surface area (Å²) in [5.41, 5.74) is 0.911. The summed E-state index contributed by atoms with van der Waals surface area (Å²) in [7, 11) is -5.42. The van der Waals surface area contributed by atoms with Crippen LogP contribution < -0.4 is 16.0 Å². The van der Waals surface area contributed by atoms with Gasteiger partial charge in [-0.1, -0.05) is 44.2 Å². The van der Waals surface area contributed by atoms with Gasteiger partial charge in [-0.15, -0.1) is 0 Å². The standard InChI is InChI=1S/C29H44BN6O11P/c1-20(2)16-24(35-26(39)22(17-21-6-4-3-5-7-21)34-27(40)23-19-31-8-9-32-23)30-47-15-13-36(12-14-37)11-10-33-25(38)18-29(43,28(41)42)48(44,45)46/h3-9,19-20,22,24,30,37,43H,10-18H2,1-2H3,(H,33,38)(H,34,40)(H,35,39)(H,41,42)(H2,44,45,46)/t22-,24-,29?/m1/s1. The SMILES string of the molecule is CC(C)C[C@H](BOCCN(CCO)CCNC(=O)CC(O)(C(=O)O)P(=O)(O)O)NC(=O)[C@@H](Cc1ccccc1)NC(=O)c1cnccn1. The van der Waals surface area contributed by atoms with Crippen molar-refractivity contribution < 1.29 is 53.5 Å². The summed E-state index contributed by atoms with van der Waals surface area (Å²) >= 11 is 0. The second kappa shape index (κ2) is 19.9. The van der Waals surface area contributed by atoms with Crippen LogP contribution in [0, 0.1) is 5.92 Å². The molecule has 2 rings (SSSR count). The Kier molecular flexibility index (Phi) is 16.8. The first-order chi connectivity index (χ1) is 22.7. The molecule has 0 aliphatic heterocycles. The first kappa shape index (κ1) is 40.4. The molecule has 8 N–H and O–H groups in total. The number of benzene rings is 1. The summed E-state index contributed by atoms with van der Waals surface area (Å²) in [6.45, 7) is 4.51. The van der Waals surface area contributed by atoms with Crippen LogP contribution in [0.1, 0.15) is 42.7 Å². The van der Waals surface area contributed by atoms with E-state index in [1.807, 2.05) is 44.2 Å². The molecule has 0 aliphatic carbocycles. The Bertz CT molecular complexity index is 1370. The Hall–Kier alpha value is -3.77. The molecule has 0 bridgehead atoms. The van der Waals surface area contributed by atoms with Gasteiger partial charge < -0.3 is 45.7 Å². The lowest BCUT2D eigenvalue weighted by Crippen LogP contribution is -2.52. The van der Waals surface area contributed by atoms with Crippen LogP contribution in [0.3, 0.4) is 0 Å². The van der Waals surface area contributed by atoms with Crippen molar-refractivity contribution in [3.63, 3.8) is 0 Å². The number of amides is 3. The third-order valence-electron chi connectivity index (χ3n) is 7.07. The summed E-state index contributed by atoms with van der Waals surface area (Å²) in [5.74, 6) is -4.48. The van der Waals surface area contributed by atoms with Gasteiger partial charge in [0, 0.05) is 57.5 Å². The van der Waals surface area contributed by atoms with E-state index in [1.165, 1.54) is 18.6 Å². The Morgan fingerprint density at radius 3 is 2.35 bits per heavy atom. The van der Waals surface area contributed by atoms with Gasteiger partial charge in [0.05, 0.1) is 19.2 Å². The molecular formula is C29H44BN6O11P. The van der Waals surface area contributed by atoms with Crippen molar-refractivity contribution in [3.05, 3.63) is 60.2 Å². The molecule has 0 spiro atoms. The fraction of sp³-hybridized carbons (Fsp3) is 0.517. The number of carbonyl (C=O) groups excluding carboxylic acids is 3. The van der Waals surface area contributed by atoms with E-state index >= 15 is 0 Å². The number of aliphatic hydroxyl groups is 2. The fourth-order valence-electron chi connectivity index (χ4n) is 4.59. The van der Waals surface area contributed by atoms with Crippen LogP contribution in [0.15, 0.2) is 48.9 Å². The maximum absolute atomic E-state index is 13.5. The molecule has 1 aromatic carbocycles. The summed E-state index contributed by atoms with van der Waals surface area (Å²) < 4.78 is 17.3. The van der Waals surface area contributed by atoms with Crippen molar-refractivity contribution in [2.45, 2.75) is 50.4 Å². The average molecular weight is 694 g/mol. The molecule has 0 saturated carbocycles. The van der Waals surface area contributed by atoms with Crippen molar-refractivity contribution >= 4 is 38.8 Å². The maximum atomic E-state index is 13.5. The highest BCUT2D eigenvalue weighted by Gasteiger charge is 2.54. The van der Waals surface area contributed by atoms with E-state index in [0.29, 0.717) is 13.0 Å². The number of nitrogens with zero attached hydrogens (tertiary/aromatic N) is 3. The maximum Gasteiger partial charge on any atom is 0.369 e. The lowest BCUT2D eigenvalue weighted by molar-refractivity contribution is -0.154. The number of aliphatic carboxylic acids is 1. The normalized spacial score (nSPS) is 14.1. The number of carboxylic acids is 1. The molecule has 0 saturated heterocycles. The van der Waals surface area contributed by atoms with E-state index < -0.39 is 55.0 Å². The van der Waals surface area contributed by atoms with E-state index in [1.54, 1.807) is 4.90 Å². The molecule has 3 atom stereocenters. The summed E-state index contributed by atoms with van der Waals surface area (Å²) in [6, 6.07) is 8.31. The predicted molar refractivity (Wildman–Crippen MR) is 174 cm³/mol. The minimum Gasteiger partial charge on any atom is -0.479 e. The van der Waals surface area contributed by atoms with Crippen molar-refractivity contribution in [3.8, 4) is 0 Å². The predicted octanol–water partition coefficient (Wildman–Crippen LogP) is -1.57. The molecule has 19 heteroatoms. The molecule has 2 aromatic rings. The monoisotopic (exact) mass is 694 g/mol. The van der Waals surface area contributed by atoms with E-state index in [9.17, 15) is 34.0 Å². The first-order valence-corrected chi connectivity index (χ1v) is 16.9. The van der Waals surface area contributed by atoms with Gasteiger partial charge in [-0.05, 0) is 17.9 Å². The van der Waals surface area contributed by atoms with Crippen molar-refractivity contribution in [1.29, 1.82) is 0 Å². The summed E-state index contributed by atoms with van der Waals surface area (Å²) in [4.78, 5) is 77.6. The Morgan fingerprint density at radius 2 is 1.77 bits per heavy atom. The third-order valence-corrected chi connectivity index (χ3v) is 8.38. The van der Waals surface area contributed by atoms with Crippen LogP contribution in [0.25, 0.3) is 0 Å². The van der Waals surface area contributed by atoms with E-state index in [0.717, 1.165) is 5.56 Å².